The second-order valence-corrected chi connectivity index (χ2v) is 10.4. The fourth-order valence-electron chi connectivity index (χ4n) is 4.81. The number of likely N-dealkylation sites (N-methyl/N-ethyl adjacent to an activating group) is 1. The molecular weight excluding hydrogens is 484 g/mol. The number of phenols is 1. The molecule has 0 aliphatic rings. The molecule has 208 valence electrons. The zero-order chi connectivity index (χ0) is 25.9. The highest BCUT2D eigenvalue weighted by atomic mass is 35.5. The molecule has 2 aromatic carbocycles. The number of quaternary nitrogens is 1. The number of benzene rings is 2. The molecular formula is C31H49ClN2O3. The lowest BCUT2D eigenvalue weighted by atomic mass is 10.1. The van der Waals surface area contributed by atoms with E-state index < -0.39 is 0 Å². The number of carbonyl (C=O) groups excluding carboxylic acids is 1. The zero-order valence-electron chi connectivity index (χ0n) is 22.8. The minimum absolute atomic E-state index is 0. The monoisotopic (exact) mass is 532 g/mol. The Balaban J connectivity index is 0.00000684. The lowest BCUT2D eigenvalue weighted by Crippen LogP contribution is -3.00. The Kier molecular flexibility index (Phi) is 18.0. The first-order valence-corrected chi connectivity index (χ1v) is 14.0. The van der Waals surface area contributed by atoms with Gasteiger partial charge < -0.3 is 32.4 Å². The Morgan fingerprint density at radius 1 is 0.757 bits per heavy atom. The summed E-state index contributed by atoms with van der Waals surface area (Å²) < 4.78 is 0.618. The van der Waals surface area contributed by atoms with Gasteiger partial charge in [0.15, 0.2) is 0 Å². The van der Waals surface area contributed by atoms with E-state index >= 15 is 0 Å². The maximum Gasteiger partial charge on any atom is 0.216 e. The van der Waals surface area contributed by atoms with E-state index in [0.29, 0.717) is 23.3 Å². The number of hydrogen-bond acceptors (Lipinski definition) is 4. The van der Waals surface area contributed by atoms with Crippen LogP contribution in [-0.4, -0.2) is 66.9 Å². The normalized spacial score (nSPS) is 12.6. The van der Waals surface area contributed by atoms with Gasteiger partial charge >= 0.3 is 0 Å². The summed E-state index contributed by atoms with van der Waals surface area (Å²) >= 11 is 0. The van der Waals surface area contributed by atoms with Crippen molar-refractivity contribution in [2.24, 2.45) is 0 Å². The number of aliphatic hydroxyl groups is 1. The molecule has 5 nitrogen and oxygen atoms in total. The summed E-state index contributed by atoms with van der Waals surface area (Å²) in [6, 6.07) is 17.1. The van der Waals surface area contributed by atoms with E-state index in [2.05, 4.69) is 12.4 Å². The summed E-state index contributed by atoms with van der Waals surface area (Å²) in [5, 5.41) is 22.8. The van der Waals surface area contributed by atoms with E-state index in [1.807, 2.05) is 48.5 Å². The average Bonchev–Trinajstić information content (AvgIpc) is 2.88. The summed E-state index contributed by atoms with van der Waals surface area (Å²) in [7, 11) is 2.10. The SMILES string of the molecule is C[N+](CCO)(CCCCCCCCCCCNCCCc1ccccc1O)CC(=O)c1ccccc1.[Cl-]. The van der Waals surface area contributed by atoms with Gasteiger partial charge in [-0.1, -0.05) is 87.1 Å². The highest BCUT2D eigenvalue weighted by Gasteiger charge is 2.25. The highest BCUT2D eigenvalue weighted by molar-refractivity contribution is 5.96. The molecule has 0 amide bonds. The summed E-state index contributed by atoms with van der Waals surface area (Å²) in [6.07, 6.45) is 13.3. The third kappa shape index (κ3) is 14.6. The van der Waals surface area contributed by atoms with Gasteiger partial charge in [-0.2, -0.15) is 0 Å². The van der Waals surface area contributed by atoms with Crippen LogP contribution in [-0.2, 0) is 6.42 Å². The molecule has 0 bridgehead atoms. The number of aryl methyl sites for hydroxylation is 1. The third-order valence-electron chi connectivity index (χ3n) is 7.10. The number of rotatable bonds is 21. The molecule has 0 aliphatic carbocycles. The van der Waals surface area contributed by atoms with Crippen molar-refractivity contribution in [3.63, 3.8) is 0 Å². The van der Waals surface area contributed by atoms with Gasteiger partial charge in [-0.15, -0.1) is 0 Å². The molecule has 0 aliphatic heterocycles. The number of ketones is 1. The third-order valence-corrected chi connectivity index (χ3v) is 7.10. The minimum Gasteiger partial charge on any atom is -1.00 e. The fraction of sp³-hybridized carbons (Fsp3) is 0.581. The zero-order valence-corrected chi connectivity index (χ0v) is 23.6. The summed E-state index contributed by atoms with van der Waals surface area (Å²) in [5.74, 6) is 0.571. The highest BCUT2D eigenvalue weighted by Crippen LogP contribution is 2.17. The smallest absolute Gasteiger partial charge is 0.216 e. The molecule has 1 unspecified atom stereocenters. The number of unbranched alkanes of at least 4 members (excludes halogenated alkanes) is 8. The Labute approximate surface area is 231 Å². The molecule has 0 aromatic heterocycles. The van der Waals surface area contributed by atoms with Crippen molar-refractivity contribution in [1.29, 1.82) is 0 Å². The standard InChI is InChI=1S/C31H48N2O3.ClH/c1-33(25-26-34,27-31(36)29-17-10-9-11-18-29)24-15-8-6-4-2-3-5-7-14-22-32-23-16-20-28-19-12-13-21-30(28)35;/h9-13,17-19,21,32,34H,2-8,14-16,20,22-27H2,1H3;1H. The fourth-order valence-corrected chi connectivity index (χ4v) is 4.81. The largest absolute Gasteiger partial charge is 1.00 e. The van der Waals surface area contributed by atoms with Crippen LogP contribution >= 0.6 is 0 Å². The van der Waals surface area contributed by atoms with Crippen molar-refractivity contribution in [3.8, 4) is 5.75 Å². The molecule has 0 fully saturated rings. The van der Waals surface area contributed by atoms with Crippen LogP contribution in [0.15, 0.2) is 54.6 Å². The number of para-hydroxylation sites is 1. The van der Waals surface area contributed by atoms with Gasteiger partial charge in [0.05, 0.1) is 20.2 Å². The van der Waals surface area contributed by atoms with E-state index in [4.69, 9.17) is 0 Å². The van der Waals surface area contributed by atoms with Crippen LogP contribution in [0.4, 0.5) is 0 Å². The summed E-state index contributed by atoms with van der Waals surface area (Å²) in [6.45, 7) is 4.23. The minimum atomic E-state index is 0. The Bertz CT molecular complexity index is 849. The van der Waals surface area contributed by atoms with Gasteiger partial charge in [-0.05, 0) is 56.8 Å². The quantitative estimate of drug-likeness (QED) is 0.131. The molecule has 3 N–H and O–H groups in total. The second kappa shape index (κ2) is 20.1. The molecule has 0 saturated carbocycles. The first-order valence-electron chi connectivity index (χ1n) is 14.0. The van der Waals surface area contributed by atoms with E-state index in [9.17, 15) is 15.0 Å². The number of nitrogens with one attached hydrogen (secondary N) is 1. The van der Waals surface area contributed by atoms with Gasteiger partial charge in [-0.25, -0.2) is 0 Å². The average molecular weight is 533 g/mol. The van der Waals surface area contributed by atoms with Crippen LogP contribution < -0.4 is 17.7 Å². The summed E-state index contributed by atoms with van der Waals surface area (Å²) in [4.78, 5) is 12.6. The number of halogens is 1. The number of Topliss-reactive ketones (excluding diaryl/α,β-unsaturated/α-hetero) is 1. The lowest BCUT2D eigenvalue weighted by molar-refractivity contribution is -0.902. The topological polar surface area (TPSA) is 69.6 Å². The summed E-state index contributed by atoms with van der Waals surface area (Å²) in [5.41, 5.74) is 1.80. The first kappa shape index (κ1) is 33.1. The molecule has 0 saturated heterocycles. The van der Waals surface area contributed by atoms with E-state index in [1.165, 1.54) is 51.4 Å². The number of aliphatic hydroxyl groups excluding tert-OH is 1. The molecule has 0 spiro atoms. The Morgan fingerprint density at radius 3 is 1.97 bits per heavy atom. The molecule has 2 rings (SSSR count). The van der Waals surface area contributed by atoms with Crippen molar-refractivity contribution in [1.82, 2.24) is 5.32 Å². The molecule has 1 atom stereocenters. The van der Waals surface area contributed by atoms with Gasteiger partial charge in [0.25, 0.3) is 0 Å². The number of phenolic OH excluding ortho intramolecular Hbond substituents is 1. The molecule has 6 heteroatoms. The van der Waals surface area contributed by atoms with Gasteiger partial charge in [0.2, 0.25) is 5.78 Å². The van der Waals surface area contributed by atoms with Crippen LogP contribution in [0.5, 0.6) is 5.75 Å². The van der Waals surface area contributed by atoms with Crippen molar-refractivity contribution in [2.75, 3.05) is 46.4 Å². The lowest BCUT2D eigenvalue weighted by Gasteiger charge is -2.33. The first-order chi connectivity index (χ1) is 17.5. The predicted molar refractivity (Wildman–Crippen MR) is 149 cm³/mol. The maximum absolute atomic E-state index is 12.6. The number of carbonyl (C=O) groups is 1. The molecule has 0 heterocycles. The van der Waals surface area contributed by atoms with Crippen LogP contribution in [0, 0.1) is 0 Å². The van der Waals surface area contributed by atoms with Crippen LogP contribution in [0.25, 0.3) is 0 Å². The second-order valence-electron chi connectivity index (χ2n) is 10.4. The number of hydrogen-bond donors (Lipinski definition) is 3. The van der Waals surface area contributed by atoms with E-state index in [1.54, 1.807) is 6.07 Å². The van der Waals surface area contributed by atoms with Gasteiger partial charge in [0, 0.05) is 5.56 Å². The van der Waals surface area contributed by atoms with Crippen LogP contribution in [0.2, 0.25) is 0 Å². The number of nitrogens with zero attached hydrogens (tertiary/aromatic N) is 1. The Morgan fingerprint density at radius 2 is 1.32 bits per heavy atom. The van der Waals surface area contributed by atoms with Crippen LogP contribution in [0.3, 0.4) is 0 Å². The number of aromatic hydroxyl groups is 1. The van der Waals surface area contributed by atoms with E-state index in [0.717, 1.165) is 50.0 Å². The van der Waals surface area contributed by atoms with Crippen molar-refractivity contribution < 1.29 is 31.9 Å². The molecule has 0 radical (unpaired) electrons. The van der Waals surface area contributed by atoms with Crippen molar-refractivity contribution >= 4 is 5.78 Å². The molecule has 2 aromatic rings. The van der Waals surface area contributed by atoms with Crippen molar-refractivity contribution in [3.05, 3.63) is 65.7 Å². The van der Waals surface area contributed by atoms with Crippen LogP contribution in [0.1, 0.15) is 80.1 Å². The van der Waals surface area contributed by atoms with E-state index in [-0.39, 0.29) is 24.8 Å². The predicted octanol–water partition coefficient (Wildman–Crippen LogP) is 2.75. The maximum atomic E-state index is 12.6. The Hall–Kier alpha value is -1.92. The molecule has 37 heavy (non-hydrogen) atoms. The van der Waals surface area contributed by atoms with Gasteiger partial charge in [0.1, 0.15) is 18.8 Å². The van der Waals surface area contributed by atoms with Crippen molar-refractivity contribution in [2.45, 2.75) is 70.6 Å². The van der Waals surface area contributed by atoms with Gasteiger partial charge in [-0.3, -0.25) is 4.79 Å².